The van der Waals surface area contributed by atoms with Crippen LogP contribution in [0.25, 0.3) is 11.1 Å². The molecule has 1 fully saturated rings. The van der Waals surface area contributed by atoms with Crippen LogP contribution in [0.4, 0.5) is 11.4 Å². The molecule has 0 aromatic heterocycles. The molecule has 41 heavy (non-hydrogen) atoms. The molecule has 3 aromatic carbocycles. The van der Waals surface area contributed by atoms with Gasteiger partial charge >= 0.3 is 0 Å². The van der Waals surface area contributed by atoms with E-state index in [1.165, 1.54) is 11.8 Å². The summed E-state index contributed by atoms with van der Waals surface area (Å²) in [7, 11) is 1.78. The van der Waals surface area contributed by atoms with Gasteiger partial charge in [-0.05, 0) is 49.2 Å². The van der Waals surface area contributed by atoms with Crippen molar-refractivity contribution in [2.75, 3.05) is 50.1 Å². The lowest BCUT2D eigenvalue weighted by Gasteiger charge is -2.35. The minimum Gasteiger partial charge on any atom is -0.482 e. The monoisotopic (exact) mass is 594 g/mol. The number of carbonyl (C=O) groups is 3. The number of amides is 3. The summed E-state index contributed by atoms with van der Waals surface area (Å²) < 4.78 is 5.54. The molecule has 2 aliphatic heterocycles. The fourth-order valence-electron chi connectivity index (χ4n) is 5.37. The average Bonchev–Trinajstić information content (AvgIpc) is 3.47. The van der Waals surface area contributed by atoms with E-state index >= 15 is 0 Å². The third kappa shape index (κ3) is 6.50. The van der Waals surface area contributed by atoms with Crippen LogP contribution in [0.15, 0.2) is 60.7 Å². The highest BCUT2D eigenvalue weighted by atomic mass is 35.5. The lowest BCUT2D eigenvalue weighted by Crippen LogP contribution is -2.47. The van der Waals surface area contributed by atoms with Crippen LogP contribution in [-0.2, 0) is 14.4 Å². The van der Waals surface area contributed by atoms with Gasteiger partial charge in [0.1, 0.15) is 12.3 Å². The third-order valence-electron chi connectivity index (χ3n) is 7.57. The minimum atomic E-state index is -0.323. The Kier molecular flexibility index (Phi) is 8.82. The number of likely N-dealkylation sites (tertiary alicyclic amines) is 1. The predicted molar refractivity (Wildman–Crippen MR) is 162 cm³/mol. The van der Waals surface area contributed by atoms with Crippen LogP contribution in [0.5, 0.6) is 5.75 Å². The highest BCUT2D eigenvalue weighted by Crippen LogP contribution is 2.39. The van der Waals surface area contributed by atoms with Crippen molar-refractivity contribution >= 4 is 52.3 Å². The second-order valence-corrected chi connectivity index (χ2v) is 11.2. The first-order chi connectivity index (χ1) is 19.7. The summed E-state index contributed by atoms with van der Waals surface area (Å²) in [5.74, 6) is -0.248. The number of benzene rings is 3. The van der Waals surface area contributed by atoms with Gasteiger partial charge in [-0.1, -0.05) is 65.7 Å². The molecule has 1 unspecified atom stereocenters. The first-order valence-corrected chi connectivity index (χ1v) is 14.3. The quantitative estimate of drug-likeness (QED) is 0.365. The molecule has 10 heteroatoms. The maximum atomic E-state index is 13.7. The summed E-state index contributed by atoms with van der Waals surface area (Å²) >= 11 is 12.4. The molecule has 1 saturated heterocycles. The van der Waals surface area contributed by atoms with Crippen molar-refractivity contribution in [3.8, 4) is 16.9 Å². The maximum absolute atomic E-state index is 13.7. The lowest BCUT2D eigenvalue weighted by molar-refractivity contribution is -0.133. The Hall–Kier alpha value is -3.59. The van der Waals surface area contributed by atoms with E-state index in [0.717, 1.165) is 48.3 Å². The van der Waals surface area contributed by atoms with E-state index in [1.54, 1.807) is 24.1 Å². The number of ether oxygens (including phenoxy) is 1. The van der Waals surface area contributed by atoms with E-state index in [2.05, 4.69) is 10.2 Å². The van der Waals surface area contributed by atoms with E-state index in [9.17, 15) is 14.4 Å². The number of rotatable bonds is 8. The summed E-state index contributed by atoms with van der Waals surface area (Å²) in [5.41, 5.74) is 4.02. The Morgan fingerprint density at radius 3 is 2.41 bits per heavy atom. The SMILES string of the molecule is CC(=O)Nc1ccccc1-c1ccc(C(CN2CCCC2)N(C)C(=O)CN2C(=O)COc3cc(Cl)c(Cl)cc32)cc1. The maximum Gasteiger partial charge on any atom is 0.265 e. The highest BCUT2D eigenvalue weighted by Gasteiger charge is 2.32. The zero-order valence-electron chi connectivity index (χ0n) is 23.0. The average molecular weight is 596 g/mol. The molecular weight excluding hydrogens is 563 g/mol. The molecule has 3 aromatic rings. The van der Waals surface area contributed by atoms with Gasteiger partial charge in [0.05, 0.1) is 21.8 Å². The van der Waals surface area contributed by atoms with Gasteiger partial charge in [0.2, 0.25) is 11.8 Å². The molecule has 0 saturated carbocycles. The highest BCUT2D eigenvalue weighted by molar-refractivity contribution is 6.42. The third-order valence-corrected chi connectivity index (χ3v) is 8.30. The van der Waals surface area contributed by atoms with Gasteiger partial charge in [-0.25, -0.2) is 0 Å². The smallest absolute Gasteiger partial charge is 0.265 e. The number of fused-ring (bicyclic) bond motifs is 1. The molecule has 2 heterocycles. The van der Waals surface area contributed by atoms with Gasteiger partial charge < -0.3 is 19.9 Å². The zero-order chi connectivity index (χ0) is 29.1. The van der Waals surface area contributed by atoms with Crippen molar-refractivity contribution in [1.82, 2.24) is 9.80 Å². The number of likely N-dealkylation sites (N-methyl/N-ethyl adjacent to an activating group) is 1. The molecule has 3 amide bonds. The van der Waals surface area contributed by atoms with Crippen molar-refractivity contribution in [3.63, 3.8) is 0 Å². The fraction of sp³-hybridized carbons (Fsp3) is 0.323. The van der Waals surface area contributed by atoms with Gasteiger partial charge in [0, 0.05) is 37.8 Å². The molecule has 0 bridgehead atoms. The number of para-hydroxylation sites is 1. The molecule has 214 valence electrons. The topological polar surface area (TPSA) is 82.2 Å². The van der Waals surface area contributed by atoms with Gasteiger partial charge in [0.25, 0.3) is 5.91 Å². The Morgan fingerprint density at radius 2 is 1.71 bits per heavy atom. The summed E-state index contributed by atoms with van der Waals surface area (Å²) in [6, 6.07) is 18.6. The molecule has 2 aliphatic rings. The number of nitrogens with one attached hydrogen (secondary N) is 1. The van der Waals surface area contributed by atoms with Crippen LogP contribution >= 0.6 is 23.2 Å². The Labute approximate surface area is 249 Å². The van der Waals surface area contributed by atoms with Crippen molar-refractivity contribution in [3.05, 3.63) is 76.3 Å². The minimum absolute atomic E-state index is 0.133. The van der Waals surface area contributed by atoms with Crippen LogP contribution in [0.1, 0.15) is 31.4 Å². The van der Waals surface area contributed by atoms with Crippen LogP contribution in [0.2, 0.25) is 10.0 Å². The molecule has 1 atom stereocenters. The number of hydrogen-bond acceptors (Lipinski definition) is 5. The van der Waals surface area contributed by atoms with Gasteiger partial charge in [-0.3, -0.25) is 19.3 Å². The molecule has 8 nitrogen and oxygen atoms in total. The van der Waals surface area contributed by atoms with Gasteiger partial charge in [0.15, 0.2) is 6.61 Å². The number of hydrogen-bond donors (Lipinski definition) is 1. The predicted octanol–water partition coefficient (Wildman–Crippen LogP) is 5.64. The fourth-order valence-corrected chi connectivity index (χ4v) is 5.68. The van der Waals surface area contributed by atoms with Crippen molar-refractivity contribution in [2.24, 2.45) is 0 Å². The number of nitrogens with zero attached hydrogens (tertiary/aromatic N) is 3. The van der Waals surface area contributed by atoms with E-state index in [1.807, 2.05) is 48.5 Å². The van der Waals surface area contributed by atoms with Crippen molar-refractivity contribution < 1.29 is 19.1 Å². The molecule has 0 spiro atoms. The van der Waals surface area contributed by atoms with E-state index in [0.29, 0.717) is 23.0 Å². The lowest BCUT2D eigenvalue weighted by atomic mass is 9.98. The van der Waals surface area contributed by atoms with Gasteiger partial charge in [-0.2, -0.15) is 0 Å². The first kappa shape index (κ1) is 28.9. The number of anilines is 2. The van der Waals surface area contributed by atoms with Crippen LogP contribution < -0.4 is 15.0 Å². The summed E-state index contributed by atoms with van der Waals surface area (Å²) in [6.07, 6.45) is 2.26. The zero-order valence-corrected chi connectivity index (χ0v) is 24.5. The summed E-state index contributed by atoms with van der Waals surface area (Å²) in [4.78, 5) is 43.7. The second kappa shape index (κ2) is 12.5. The van der Waals surface area contributed by atoms with Gasteiger partial charge in [-0.15, -0.1) is 0 Å². The Morgan fingerprint density at radius 1 is 1.02 bits per heavy atom. The van der Waals surface area contributed by atoms with Crippen LogP contribution in [0.3, 0.4) is 0 Å². The van der Waals surface area contributed by atoms with Crippen LogP contribution in [-0.4, -0.2) is 67.4 Å². The van der Waals surface area contributed by atoms with Crippen molar-refractivity contribution in [2.45, 2.75) is 25.8 Å². The Bertz CT molecular complexity index is 1460. The molecule has 5 rings (SSSR count). The normalized spacial score (nSPS) is 15.7. The standard InChI is InChI=1S/C31H32Cl2N4O4/c1-20(38)34-26-8-4-3-7-23(26)21-9-11-22(12-10-21)28(17-36-13-5-6-14-36)35(2)30(39)18-37-27-15-24(32)25(33)16-29(27)41-19-31(37)40/h3-4,7-12,15-16,28H,5-6,13-14,17-19H2,1-2H3,(H,34,38). The largest absolute Gasteiger partial charge is 0.482 e. The van der Waals surface area contributed by atoms with E-state index < -0.39 is 0 Å². The van der Waals surface area contributed by atoms with Crippen molar-refractivity contribution in [1.29, 1.82) is 0 Å². The molecule has 0 aliphatic carbocycles. The first-order valence-electron chi connectivity index (χ1n) is 13.6. The van der Waals surface area contributed by atoms with Crippen LogP contribution in [0, 0.1) is 0 Å². The van der Waals surface area contributed by atoms with E-state index in [4.69, 9.17) is 27.9 Å². The number of carbonyl (C=O) groups excluding carboxylic acids is 3. The molecule has 0 radical (unpaired) electrons. The Balaban J connectivity index is 1.40. The molecule has 1 N–H and O–H groups in total. The van der Waals surface area contributed by atoms with E-state index in [-0.39, 0.29) is 41.9 Å². The summed E-state index contributed by atoms with van der Waals surface area (Å²) in [6.45, 7) is 3.80. The second-order valence-electron chi connectivity index (χ2n) is 10.4. The molecular formula is C31H32Cl2N4O4. The number of halogens is 2. The summed E-state index contributed by atoms with van der Waals surface area (Å²) in [5, 5.41) is 3.49.